The summed E-state index contributed by atoms with van der Waals surface area (Å²) in [6.07, 6.45) is 1.67. The number of amides is 3. The van der Waals surface area contributed by atoms with E-state index in [9.17, 15) is 14.0 Å². The molecule has 2 rings (SSSR count). The number of anilines is 2. The van der Waals surface area contributed by atoms with E-state index < -0.39 is 5.82 Å². The van der Waals surface area contributed by atoms with Crippen LogP contribution in [0.15, 0.2) is 48.5 Å². The lowest BCUT2D eigenvalue weighted by Gasteiger charge is -2.15. The molecular formula is C19H22FN3O2. The smallest absolute Gasteiger partial charge is 0.319 e. The highest BCUT2D eigenvalue weighted by Crippen LogP contribution is 2.19. The van der Waals surface area contributed by atoms with Gasteiger partial charge in [0.05, 0.1) is 5.69 Å². The number of rotatable bonds is 6. The summed E-state index contributed by atoms with van der Waals surface area (Å²) < 4.78 is 13.6. The van der Waals surface area contributed by atoms with Gasteiger partial charge in [0.25, 0.3) is 0 Å². The molecule has 0 saturated carbocycles. The number of urea groups is 1. The Morgan fingerprint density at radius 3 is 2.48 bits per heavy atom. The highest BCUT2D eigenvalue weighted by atomic mass is 19.1. The first-order valence-electron chi connectivity index (χ1n) is 8.12. The predicted octanol–water partition coefficient (Wildman–Crippen LogP) is 3.93. The molecule has 3 N–H and O–H groups in total. The van der Waals surface area contributed by atoms with Gasteiger partial charge >= 0.3 is 6.03 Å². The summed E-state index contributed by atoms with van der Waals surface area (Å²) in [6, 6.07) is 13.7. The van der Waals surface area contributed by atoms with E-state index in [1.807, 2.05) is 25.1 Å². The molecule has 0 fully saturated rings. The molecule has 2 aromatic rings. The normalized spacial score (nSPS) is 11.5. The lowest BCUT2D eigenvalue weighted by Crippen LogP contribution is -2.36. The molecule has 25 heavy (non-hydrogen) atoms. The van der Waals surface area contributed by atoms with Crippen LogP contribution in [0.1, 0.15) is 25.8 Å². The van der Waals surface area contributed by atoms with Crippen molar-refractivity contribution in [2.24, 2.45) is 0 Å². The minimum Gasteiger partial charge on any atom is -0.335 e. The van der Waals surface area contributed by atoms with Crippen LogP contribution in [-0.4, -0.2) is 18.0 Å². The second kappa shape index (κ2) is 8.82. The maximum absolute atomic E-state index is 13.6. The van der Waals surface area contributed by atoms with Crippen LogP contribution in [0.25, 0.3) is 0 Å². The first-order chi connectivity index (χ1) is 11.9. The van der Waals surface area contributed by atoms with Gasteiger partial charge in [-0.1, -0.05) is 30.3 Å². The summed E-state index contributed by atoms with van der Waals surface area (Å²) >= 11 is 0. The number of carbonyl (C=O) groups excluding carboxylic acids is 2. The second-order valence-corrected chi connectivity index (χ2v) is 5.90. The van der Waals surface area contributed by atoms with Gasteiger partial charge in [-0.2, -0.15) is 0 Å². The Morgan fingerprint density at radius 1 is 1.08 bits per heavy atom. The molecule has 5 nitrogen and oxygen atoms in total. The van der Waals surface area contributed by atoms with Crippen molar-refractivity contribution in [3.63, 3.8) is 0 Å². The molecule has 3 amide bonds. The van der Waals surface area contributed by atoms with Crippen LogP contribution in [0.3, 0.4) is 0 Å². The standard InChI is InChI=1S/C19H22FN3O2/c1-13(8-9-15-6-4-3-5-7-15)21-19(25)23-16-10-11-17(20)18(12-16)22-14(2)24/h3-7,10-13H,8-9H2,1-2H3,(H,22,24)(H2,21,23,25). The Bertz CT molecular complexity index is 735. The third-order valence-corrected chi connectivity index (χ3v) is 3.62. The van der Waals surface area contributed by atoms with Gasteiger partial charge in [0.1, 0.15) is 5.82 Å². The van der Waals surface area contributed by atoms with Crippen LogP contribution in [0.2, 0.25) is 0 Å². The lowest BCUT2D eigenvalue weighted by molar-refractivity contribution is -0.114. The highest BCUT2D eigenvalue weighted by Gasteiger charge is 2.10. The zero-order valence-electron chi connectivity index (χ0n) is 14.3. The molecule has 0 saturated heterocycles. The average molecular weight is 343 g/mol. The number of hydrogen-bond acceptors (Lipinski definition) is 2. The number of hydrogen-bond donors (Lipinski definition) is 3. The SMILES string of the molecule is CC(=O)Nc1cc(NC(=O)NC(C)CCc2ccccc2)ccc1F. The molecular weight excluding hydrogens is 321 g/mol. The van der Waals surface area contributed by atoms with Gasteiger partial charge in [0.15, 0.2) is 0 Å². The van der Waals surface area contributed by atoms with E-state index in [0.29, 0.717) is 5.69 Å². The van der Waals surface area contributed by atoms with Gasteiger partial charge in [0.2, 0.25) is 5.91 Å². The number of halogens is 1. The second-order valence-electron chi connectivity index (χ2n) is 5.90. The Hall–Kier alpha value is -2.89. The molecule has 0 aliphatic rings. The van der Waals surface area contributed by atoms with E-state index >= 15 is 0 Å². The van der Waals surface area contributed by atoms with Crippen LogP contribution in [-0.2, 0) is 11.2 Å². The molecule has 0 heterocycles. The van der Waals surface area contributed by atoms with Gasteiger partial charge in [-0.3, -0.25) is 4.79 Å². The molecule has 1 atom stereocenters. The molecule has 0 bridgehead atoms. The Labute approximate surface area is 146 Å². The molecule has 1 unspecified atom stereocenters. The highest BCUT2D eigenvalue weighted by molar-refractivity contribution is 5.92. The zero-order valence-corrected chi connectivity index (χ0v) is 14.3. The number of nitrogens with one attached hydrogen (secondary N) is 3. The molecule has 0 aromatic heterocycles. The average Bonchev–Trinajstić information content (AvgIpc) is 2.56. The van der Waals surface area contributed by atoms with Crippen LogP contribution in [0.4, 0.5) is 20.6 Å². The van der Waals surface area contributed by atoms with Crippen LogP contribution in [0, 0.1) is 5.82 Å². The Kier molecular flexibility index (Phi) is 6.51. The van der Waals surface area contributed by atoms with E-state index in [0.717, 1.165) is 12.8 Å². The van der Waals surface area contributed by atoms with E-state index in [2.05, 4.69) is 28.1 Å². The minimum absolute atomic E-state index is 0.0181. The minimum atomic E-state index is -0.558. The van der Waals surface area contributed by atoms with Gasteiger partial charge in [0, 0.05) is 18.7 Å². The van der Waals surface area contributed by atoms with Crippen LogP contribution >= 0.6 is 0 Å². The molecule has 132 valence electrons. The summed E-state index contributed by atoms with van der Waals surface area (Å²) in [6.45, 7) is 3.22. The summed E-state index contributed by atoms with van der Waals surface area (Å²) in [5, 5.41) is 7.87. The van der Waals surface area contributed by atoms with Crippen molar-refractivity contribution in [1.82, 2.24) is 5.32 Å². The van der Waals surface area contributed by atoms with E-state index in [1.54, 1.807) is 0 Å². The molecule has 6 heteroatoms. The first kappa shape index (κ1) is 18.4. The number of aryl methyl sites for hydroxylation is 1. The van der Waals surface area contributed by atoms with Crippen molar-refractivity contribution in [3.05, 3.63) is 59.9 Å². The monoisotopic (exact) mass is 343 g/mol. The molecule has 0 aliphatic heterocycles. The predicted molar refractivity (Wildman–Crippen MR) is 97.1 cm³/mol. The molecule has 0 spiro atoms. The largest absolute Gasteiger partial charge is 0.335 e. The number of benzene rings is 2. The van der Waals surface area contributed by atoms with Crippen molar-refractivity contribution in [1.29, 1.82) is 0 Å². The maximum atomic E-state index is 13.6. The summed E-state index contributed by atoms with van der Waals surface area (Å²) in [7, 11) is 0. The van der Waals surface area contributed by atoms with E-state index in [-0.39, 0.29) is 23.7 Å². The quantitative estimate of drug-likeness (QED) is 0.744. The fourth-order valence-electron chi connectivity index (χ4n) is 2.38. The van der Waals surface area contributed by atoms with Crippen molar-refractivity contribution in [3.8, 4) is 0 Å². The van der Waals surface area contributed by atoms with E-state index in [1.165, 1.54) is 30.7 Å². The van der Waals surface area contributed by atoms with E-state index in [4.69, 9.17) is 0 Å². The first-order valence-corrected chi connectivity index (χ1v) is 8.12. The number of carbonyl (C=O) groups is 2. The zero-order chi connectivity index (χ0) is 18.2. The summed E-state index contributed by atoms with van der Waals surface area (Å²) in [5.74, 6) is -0.938. The van der Waals surface area contributed by atoms with Crippen LogP contribution in [0.5, 0.6) is 0 Å². The van der Waals surface area contributed by atoms with Crippen molar-refractivity contribution in [2.45, 2.75) is 32.7 Å². The summed E-state index contributed by atoms with van der Waals surface area (Å²) in [5.41, 5.74) is 1.65. The lowest BCUT2D eigenvalue weighted by atomic mass is 10.1. The van der Waals surface area contributed by atoms with Crippen LogP contribution < -0.4 is 16.0 Å². The Morgan fingerprint density at radius 2 is 1.80 bits per heavy atom. The van der Waals surface area contributed by atoms with Crippen molar-refractivity contribution < 1.29 is 14.0 Å². The van der Waals surface area contributed by atoms with Gasteiger partial charge < -0.3 is 16.0 Å². The van der Waals surface area contributed by atoms with Gasteiger partial charge in [-0.05, 0) is 43.5 Å². The van der Waals surface area contributed by atoms with Gasteiger partial charge in [-0.15, -0.1) is 0 Å². The third kappa shape index (κ3) is 6.25. The molecule has 0 radical (unpaired) electrons. The molecule has 2 aromatic carbocycles. The van der Waals surface area contributed by atoms with Crippen molar-refractivity contribution >= 4 is 23.3 Å². The topological polar surface area (TPSA) is 70.2 Å². The Balaban J connectivity index is 1.86. The fourth-order valence-corrected chi connectivity index (χ4v) is 2.38. The van der Waals surface area contributed by atoms with Crippen molar-refractivity contribution in [2.75, 3.05) is 10.6 Å². The summed E-state index contributed by atoms with van der Waals surface area (Å²) in [4.78, 5) is 23.1. The fraction of sp³-hybridized carbons (Fsp3) is 0.263. The maximum Gasteiger partial charge on any atom is 0.319 e. The van der Waals surface area contributed by atoms with Gasteiger partial charge in [-0.25, -0.2) is 9.18 Å². The molecule has 0 aliphatic carbocycles. The third-order valence-electron chi connectivity index (χ3n) is 3.62.